The predicted octanol–water partition coefficient (Wildman–Crippen LogP) is 3.95. The Morgan fingerprint density at radius 2 is 2.11 bits per heavy atom. The molecule has 3 heterocycles. The number of nitro groups is 1. The average molecular weight is 383 g/mol. The maximum absolute atomic E-state index is 11.1. The number of ether oxygens (including phenoxy) is 2. The molecular formula is C17H13N5O4S. The molecule has 0 aliphatic carbocycles. The molecule has 0 saturated carbocycles. The van der Waals surface area contributed by atoms with Crippen LogP contribution in [0.3, 0.4) is 0 Å². The minimum Gasteiger partial charge on any atom is -0.487 e. The third-order valence-electron chi connectivity index (χ3n) is 3.67. The van der Waals surface area contributed by atoms with Crippen molar-refractivity contribution in [2.75, 3.05) is 6.61 Å². The molecule has 0 saturated heterocycles. The second-order valence-electron chi connectivity index (χ2n) is 5.40. The maximum Gasteiger partial charge on any atom is 0.311 e. The second-order valence-corrected chi connectivity index (χ2v) is 6.18. The normalized spacial score (nSPS) is 10.9. The number of thiophene rings is 1. The van der Waals surface area contributed by atoms with Crippen LogP contribution in [0.1, 0.15) is 6.92 Å². The van der Waals surface area contributed by atoms with Gasteiger partial charge in [-0.05, 0) is 30.5 Å². The quantitative estimate of drug-likeness (QED) is 0.367. The van der Waals surface area contributed by atoms with E-state index in [9.17, 15) is 10.1 Å². The first-order chi connectivity index (χ1) is 13.2. The lowest BCUT2D eigenvalue weighted by Crippen LogP contribution is -1.99. The largest absolute Gasteiger partial charge is 0.487 e. The van der Waals surface area contributed by atoms with Crippen LogP contribution in [-0.2, 0) is 0 Å². The molecule has 0 N–H and O–H groups in total. The van der Waals surface area contributed by atoms with Crippen molar-refractivity contribution < 1.29 is 14.4 Å². The van der Waals surface area contributed by atoms with Gasteiger partial charge in [0.2, 0.25) is 11.6 Å². The van der Waals surface area contributed by atoms with Crippen molar-refractivity contribution in [1.82, 2.24) is 19.8 Å². The summed E-state index contributed by atoms with van der Waals surface area (Å²) in [6, 6.07) is 9.64. The van der Waals surface area contributed by atoms with E-state index >= 15 is 0 Å². The summed E-state index contributed by atoms with van der Waals surface area (Å²) in [5, 5.41) is 27.7. The van der Waals surface area contributed by atoms with Crippen molar-refractivity contribution in [3.8, 4) is 28.8 Å². The molecule has 136 valence electrons. The molecule has 0 fully saturated rings. The zero-order valence-corrected chi connectivity index (χ0v) is 14.9. The highest BCUT2D eigenvalue weighted by atomic mass is 32.1. The lowest BCUT2D eigenvalue weighted by atomic mass is 10.3. The van der Waals surface area contributed by atoms with E-state index in [0.29, 0.717) is 29.7 Å². The van der Waals surface area contributed by atoms with Gasteiger partial charge in [-0.2, -0.15) is 15.9 Å². The van der Waals surface area contributed by atoms with Gasteiger partial charge in [0.05, 0.1) is 11.5 Å². The molecule has 0 aliphatic heterocycles. The molecule has 4 rings (SSSR count). The van der Waals surface area contributed by atoms with Gasteiger partial charge in [-0.25, -0.2) is 0 Å². The minimum atomic E-state index is -0.497. The molecule has 0 radical (unpaired) electrons. The van der Waals surface area contributed by atoms with Gasteiger partial charge in [0.15, 0.2) is 11.5 Å². The summed E-state index contributed by atoms with van der Waals surface area (Å²) in [6.07, 6.45) is 0. The number of nitrogens with zero attached hydrogens (tertiary/aromatic N) is 5. The molecule has 10 heteroatoms. The highest BCUT2D eigenvalue weighted by Crippen LogP contribution is 2.33. The van der Waals surface area contributed by atoms with Crippen LogP contribution in [-0.4, -0.2) is 31.3 Å². The molecule has 27 heavy (non-hydrogen) atoms. The fraction of sp³-hybridized carbons (Fsp3) is 0.118. The Kier molecular flexibility index (Phi) is 4.38. The second kappa shape index (κ2) is 7.00. The Labute approximate surface area is 157 Å². The van der Waals surface area contributed by atoms with Gasteiger partial charge in [-0.15, -0.1) is 15.3 Å². The van der Waals surface area contributed by atoms with E-state index in [0.717, 1.165) is 5.56 Å². The van der Waals surface area contributed by atoms with Crippen molar-refractivity contribution in [2.45, 2.75) is 6.92 Å². The Hall–Kier alpha value is -3.53. The molecule has 0 aliphatic rings. The van der Waals surface area contributed by atoms with Crippen LogP contribution in [0.4, 0.5) is 5.69 Å². The van der Waals surface area contributed by atoms with Crippen LogP contribution in [0.2, 0.25) is 0 Å². The van der Waals surface area contributed by atoms with Crippen LogP contribution >= 0.6 is 11.3 Å². The van der Waals surface area contributed by atoms with Crippen molar-refractivity contribution in [2.24, 2.45) is 0 Å². The van der Waals surface area contributed by atoms with Gasteiger partial charge in [0, 0.05) is 29.1 Å². The van der Waals surface area contributed by atoms with E-state index in [2.05, 4.69) is 15.3 Å². The SMILES string of the molecule is CCOc1cc(Oc2ccc3nnc(-c4ccsc4)n3n2)ccc1[N+](=O)[O-]. The molecular weight excluding hydrogens is 370 g/mol. The first kappa shape index (κ1) is 16.9. The van der Waals surface area contributed by atoms with Crippen LogP contribution in [0.5, 0.6) is 17.4 Å². The van der Waals surface area contributed by atoms with Crippen LogP contribution in [0.15, 0.2) is 47.2 Å². The summed E-state index contributed by atoms with van der Waals surface area (Å²) in [5.41, 5.74) is 1.37. The average Bonchev–Trinajstić information content (AvgIpc) is 3.31. The summed E-state index contributed by atoms with van der Waals surface area (Å²) in [7, 11) is 0. The summed E-state index contributed by atoms with van der Waals surface area (Å²) in [6.45, 7) is 2.06. The van der Waals surface area contributed by atoms with Gasteiger partial charge >= 0.3 is 5.69 Å². The van der Waals surface area contributed by atoms with Gasteiger partial charge in [-0.3, -0.25) is 10.1 Å². The van der Waals surface area contributed by atoms with Crippen molar-refractivity contribution in [1.29, 1.82) is 0 Å². The fourth-order valence-corrected chi connectivity index (χ4v) is 3.13. The van der Waals surface area contributed by atoms with E-state index in [-0.39, 0.29) is 11.4 Å². The van der Waals surface area contributed by atoms with E-state index in [1.807, 2.05) is 16.8 Å². The molecule has 0 atom stereocenters. The van der Waals surface area contributed by atoms with E-state index < -0.39 is 4.92 Å². The molecule has 0 amide bonds. The fourth-order valence-electron chi connectivity index (χ4n) is 2.50. The molecule has 0 spiro atoms. The molecule has 3 aromatic heterocycles. The summed E-state index contributed by atoms with van der Waals surface area (Å²) >= 11 is 1.55. The number of rotatable bonds is 6. The maximum atomic E-state index is 11.1. The molecule has 4 aromatic rings. The number of benzene rings is 1. The Bertz CT molecular complexity index is 1110. The van der Waals surface area contributed by atoms with Gasteiger partial charge in [0.1, 0.15) is 5.75 Å². The number of hydrogen-bond donors (Lipinski definition) is 0. The van der Waals surface area contributed by atoms with Crippen molar-refractivity contribution in [3.05, 3.63) is 57.3 Å². The molecule has 0 unspecified atom stereocenters. The Morgan fingerprint density at radius 3 is 2.85 bits per heavy atom. The van der Waals surface area contributed by atoms with E-state index in [1.165, 1.54) is 18.2 Å². The van der Waals surface area contributed by atoms with Crippen LogP contribution in [0.25, 0.3) is 17.0 Å². The first-order valence-electron chi connectivity index (χ1n) is 8.00. The zero-order valence-electron chi connectivity index (χ0n) is 14.1. The van der Waals surface area contributed by atoms with Crippen molar-refractivity contribution in [3.63, 3.8) is 0 Å². The summed E-state index contributed by atoms with van der Waals surface area (Å²) in [4.78, 5) is 10.6. The lowest BCUT2D eigenvalue weighted by Gasteiger charge is -2.08. The third kappa shape index (κ3) is 3.29. The van der Waals surface area contributed by atoms with Crippen molar-refractivity contribution >= 4 is 22.7 Å². The monoisotopic (exact) mass is 383 g/mol. The van der Waals surface area contributed by atoms with E-state index in [4.69, 9.17) is 9.47 Å². The number of hydrogen-bond acceptors (Lipinski definition) is 8. The Morgan fingerprint density at radius 1 is 1.22 bits per heavy atom. The smallest absolute Gasteiger partial charge is 0.311 e. The molecule has 1 aromatic carbocycles. The van der Waals surface area contributed by atoms with Crippen LogP contribution < -0.4 is 9.47 Å². The lowest BCUT2D eigenvalue weighted by molar-refractivity contribution is -0.385. The first-order valence-corrected chi connectivity index (χ1v) is 8.94. The van der Waals surface area contributed by atoms with Gasteiger partial charge in [0.25, 0.3) is 0 Å². The minimum absolute atomic E-state index is 0.119. The third-order valence-corrected chi connectivity index (χ3v) is 4.35. The van der Waals surface area contributed by atoms with Gasteiger partial charge in [-0.1, -0.05) is 0 Å². The summed E-state index contributed by atoms with van der Waals surface area (Å²) in [5.74, 6) is 1.43. The zero-order chi connectivity index (χ0) is 18.8. The highest BCUT2D eigenvalue weighted by molar-refractivity contribution is 7.08. The number of fused-ring (bicyclic) bond motifs is 1. The Balaban J connectivity index is 1.68. The standard InChI is InChI=1S/C17H13N5O4S/c1-2-25-14-9-12(3-4-13(14)22(23)24)26-16-6-5-15-18-19-17(21(15)20-16)11-7-8-27-10-11/h3-10H,2H2,1H3. The number of nitro benzene ring substituents is 1. The highest BCUT2D eigenvalue weighted by Gasteiger charge is 2.17. The van der Waals surface area contributed by atoms with E-state index in [1.54, 1.807) is 34.9 Å². The predicted molar refractivity (Wildman–Crippen MR) is 98.4 cm³/mol. The summed E-state index contributed by atoms with van der Waals surface area (Å²) < 4.78 is 12.7. The number of aromatic nitrogens is 4. The van der Waals surface area contributed by atoms with Crippen LogP contribution in [0, 0.1) is 10.1 Å². The van der Waals surface area contributed by atoms with Gasteiger partial charge < -0.3 is 9.47 Å². The molecule has 9 nitrogen and oxygen atoms in total. The molecule has 0 bridgehead atoms. The topological polar surface area (TPSA) is 105 Å².